The first kappa shape index (κ1) is 14.6. The zero-order chi connectivity index (χ0) is 15.2. The van der Waals surface area contributed by atoms with Gasteiger partial charge < -0.3 is 10.2 Å². The van der Waals surface area contributed by atoms with Gasteiger partial charge in [0, 0.05) is 17.7 Å². The third kappa shape index (κ3) is 4.07. The van der Waals surface area contributed by atoms with Gasteiger partial charge in [0.2, 0.25) is 5.91 Å². The number of aromatic hydroxyl groups is 1. The maximum absolute atomic E-state index is 11.6. The molecule has 0 radical (unpaired) electrons. The van der Waals surface area contributed by atoms with E-state index in [1.807, 2.05) is 0 Å². The molecule has 0 saturated heterocycles. The van der Waals surface area contributed by atoms with E-state index in [1.165, 1.54) is 12.3 Å². The number of aromatic nitrogens is 2. The topological polar surface area (TPSA) is 110 Å². The van der Waals surface area contributed by atoms with Crippen LogP contribution >= 0.6 is 0 Å². The molecular weight excluding hydrogens is 272 g/mol. The highest BCUT2D eigenvalue weighted by Crippen LogP contribution is 2.08. The molecule has 7 heteroatoms. The molecule has 2 rings (SSSR count). The lowest BCUT2D eigenvalue weighted by molar-refractivity contribution is -0.121. The molecule has 1 heterocycles. The van der Waals surface area contributed by atoms with Crippen LogP contribution in [0.4, 0.5) is 0 Å². The van der Waals surface area contributed by atoms with Gasteiger partial charge in [-0.2, -0.15) is 5.10 Å². The monoisotopic (exact) mass is 288 g/mol. The van der Waals surface area contributed by atoms with Crippen molar-refractivity contribution in [3.63, 3.8) is 0 Å². The largest absolute Gasteiger partial charge is 0.508 e. The molecule has 1 aromatic heterocycles. The molecule has 0 fully saturated rings. The van der Waals surface area contributed by atoms with Crippen LogP contribution < -0.4 is 11.0 Å². The summed E-state index contributed by atoms with van der Waals surface area (Å²) in [6, 6.07) is 6.50. The SMILES string of the molecule is Cc1[nH][nH]c(=O)c1CCC(=O)N/N=C/c1cccc(O)c1. The van der Waals surface area contributed by atoms with Crippen molar-refractivity contribution in [2.24, 2.45) is 5.10 Å². The summed E-state index contributed by atoms with van der Waals surface area (Å²) in [4.78, 5) is 23.0. The smallest absolute Gasteiger partial charge is 0.267 e. The number of nitrogens with one attached hydrogen (secondary N) is 3. The highest BCUT2D eigenvalue weighted by Gasteiger charge is 2.08. The van der Waals surface area contributed by atoms with Crippen molar-refractivity contribution < 1.29 is 9.90 Å². The summed E-state index contributed by atoms with van der Waals surface area (Å²) in [5.41, 5.74) is 4.15. The van der Waals surface area contributed by atoms with Gasteiger partial charge in [-0.3, -0.25) is 14.7 Å². The lowest BCUT2D eigenvalue weighted by Crippen LogP contribution is -2.19. The number of nitrogens with zero attached hydrogens (tertiary/aromatic N) is 1. The molecule has 0 unspecified atom stereocenters. The Balaban J connectivity index is 1.84. The van der Waals surface area contributed by atoms with E-state index in [4.69, 9.17) is 0 Å². The van der Waals surface area contributed by atoms with Crippen LogP contribution in [-0.2, 0) is 11.2 Å². The van der Waals surface area contributed by atoms with E-state index in [0.29, 0.717) is 17.5 Å². The number of hydrazone groups is 1. The van der Waals surface area contributed by atoms with Gasteiger partial charge in [0.1, 0.15) is 5.75 Å². The molecular formula is C14H16N4O3. The van der Waals surface area contributed by atoms with Crippen molar-refractivity contribution in [3.05, 3.63) is 51.4 Å². The maximum Gasteiger partial charge on any atom is 0.267 e. The number of aromatic amines is 2. The molecule has 1 amide bonds. The molecule has 0 aliphatic carbocycles. The molecule has 0 bridgehead atoms. The maximum atomic E-state index is 11.6. The van der Waals surface area contributed by atoms with E-state index in [2.05, 4.69) is 20.7 Å². The number of phenols is 1. The van der Waals surface area contributed by atoms with Crippen LogP contribution in [0.1, 0.15) is 23.2 Å². The van der Waals surface area contributed by atoms with Gasteiger partial charge in [-0.15, -0.1) is 0 Å². The summed E-state index contributed by atoms with van der Waals surface area (Å²) in [5, 5.41) is 18.3. The van der Waals surface area contributed by atoms with Crippen LogP contribution in [-0.4, -0.2) is 27.4 Å². The fourth-order valence-corrected chi connectivity index (χ4v) is 1.85. The number of carbonyl (C=O) groups is 1. The van der Waals surface area contributed by atoms with Gasteiger partial charge >= 0.3 is 0 Å². The summed E-state index contributed by atoms with van der Waals surface area (Å²) < 4.78 is 0. The Hall–Kier alpha value is -2.83. The Kier molecular flexibility index (Phi) is 4.55. The van der Waals surface area contributed by atoms with Crippen LogP contribution in [0.3, 0.4) is 0 Å². The lowest BCUT2D eigenvalue weighted by atomic mass is 10.1. The Morgan fingerprint density at radius 1 is 1.43 bits per heavy atom. The number of hydrogen-bond donors (Lipinski definition) is 4. The second-order valence-electron chi connectivity index (χ2n) is 4.57. The van der Waals surface area contributed by atoms with Crippen LogP contribution in [0, 0.1) is 6.92 Å². The minimum Gasteiger partial charge on any atom is -0.508 e. The van der Waals surface area contributed by atoms with Gasteiger partial charge in [0.15, 0.2) is 0 Å². The molecule has 0 aliphatic rings. The highest BCUT2D eigenvalue weighted by atomic mass is 16.3. The molecule has 1 aromatic carbocycles. The third-order valence-electron chi connectivity index (χ3n) is 2.97. The fraction of sp³-hybridized carbons (Fsp3) is 0.214. The molecule has 0 spiro atoms. The van der Waals surface area contributed by atoms with Gasteiger partial charge in [-0.05, 0) is 31.0 Å². The zero-order valence-electron chi connectivity index (χ0n) is 11.5. The normalized spacial score (nSPS) is 10.9. The van der Waals surface area contributed by atoms with Crippen LogP contribution in [0.2, 0.25) is 0 Å². The molecule has 21 heavy (non-hydrogen) atoms. The summed E-state index contributed by atoms with van der Waals surface area (Å²) in [6.07, 6.45) is 1.95. The Morgan fingerprint density at radius 3 is 2.90 bits per heavy atom. The Morgan fingerprint density at radius 2 is 2.24 bits per heavy atom. The minimum atomic E-state index is -0.286. The van der Waals surface area contributed by atoms with Crippen molar-refractivity contribution in [1.82, 2.24) is 15.6 Å². The standard InChI is InChI=1S/C14H16N4O3/c1-9-12(14(21)18-16-9)5-6-13(20)17-15-8-10-3-2-4-11(19)7-10/h2-4,7-8,19H,5-6H2,1H3,(H,17,20)(H2,16,18,21)/b15-8+. The second kappa shape index (κ2) is 6.56. The van der Waals surface area contributed by atoms with E-state index in [1.54, 1.807) is 25.1 Å². The number of carbonyl (C=O) groups excluding carboxylic acids is 1. The summed E-state index contributed by atoms with van der Waals surface area (Å²) in [7, 11) is 0. The number of rotatable bonds is 5. The zero-order valence-corrected chi connectivity index (χ0v) is 11.5. The van der Waals surface area contributed by atoms with Crippen molar-refractivity contribution in [2.75, 3.05) is 0 Å². The quantitative estimate of drug-likeness (QED) is 0.482. The van der Waals surface area contributed by atoms with Gasteiger partial charge in [-0.1, -0.05) is 12.1 Å². The van der Waals surface area contributed by atoms with Crippen LogP contribution in [0.25, 0.3) is 0 Å². The predicted octanol–water partition coefficient (Wildman–Crippen LogP) is 0.800. The molecule has 0 atom stereocenters. The molecule has 0 saturated carbocycles. The first-order chi connectivity index (χ1) is 10.1. The van der Waals surface area contributed by atoms with E-state index in [9.17, 15) is 14.7 Å². The summed E-state index contributed by atoms with van der Waals surface area (Å²) >= 11 is 0. The van der Waals surface area contributed by atoms with Gasteiger partial charge in [0.05, 0.1) is 6.21 Å². The highest BCUT2D eigenvalue weighted by molar-refractivity contribution is 5.82. The van der Waals surface area contributed by atoms with E-state index >= 15 is 0 Å². The van der Waals surface area contributed by atoms with Crippen molar-refractivity contribution in [1.29, 1.82) is 0 Å². The first-order valence-corrected chi connectivity index (χ1v) is 6.43. The molecule has 7 nitrogen and oxygen atoms in total. The number of H-pyrrole nitrogens is 2. The van der Waals surface area contributed by atoms with Gasteiger partial charge in [-0.25, -0.2) is 5.43 Å². The number of amides is 1. The van der Waals surface area contributed by atoms with Crippen molar-refractivity contribution in [2.45, 2.75) is 19.8 Å². The fourth-order valence-electron chi connectivity index (χ4n) is 1.85. The van der Waals surface area contributed by atoms with Crippen LogP contribution in [0.5, 0.6) is 5.75 Å². The van der Waals surface area contributed by atoms with Gasteiger partial charge in [0.25, 0.3) is 5.56 Å². The Bertz CT molecular complexity index is 715. The van der Waals surface area contributed by atoms with E-state index in [-0.39, 0.29) is 23.6 Å². The minimum absolute atomic E-state index is 0.132. The predicted molar refractivity (Wildman–Crippen MR) is 78.3 cm³/mol. The first-order valence-electron chi connectivity index (χ1n) is 6.43. The van der Waals surface area contributed by atoms with E-state index in [0.717, 1.165) is 5.69 Å². The second-order valence-corrected chi connectivity index (χ2v) is 4.57. The van der Waals surface area contributed by atoms with Crippen molar-refractivity contribution >= 4 is 12.1 Å². The molecule has 0 aliphatic heterocycles. The summed E-state index contributed by atoms with van der Waals surface area (Å²) in [5.74, 6) is -0.154. The Labute approximate surface area is 120 Å². The third-order valence-corrected chi connectivity index (χ3v) is 2.97. The lowest BCUT2D eigenvalue weighted by Gasteiger charge is -1.99. The number of hydrogen-bond acceptors (Lipinski definition) is 4. The summed E-state index contributed by atoms with van der Waals surface area (Å²) in [6.45, 7) is 1.77. The number of aryl methyl sites for hydroxylation is 1. The average molecular weight is 288 g/mol. The van der Waals surface area contributed by atoms with Crippen LogP contribution in [0.15, 0.2) is 34.2 Å². The number of phenolic OH excluding ortho intramolecular Hbond substituents is 1. The van der Waals surface area contributed by atoms with Crippen molar-refractivity contribution in [3.8, 4) is 5.75 Å². The number of benzene rings is 1. The molecule has 110 valence electrons. The molecule has 2 aromatic rings. The van der Waals surface area contributed by atoms with E-state index < -0.39 is 0 Å². The molecule has 4 N–H and O–H groups in total. The average Bonchev–Trinajstić information content (AvgIpc) is 2.76.